The molecule has 1 aliphatic rings. The molecular weight excluding hydrogens is 260 g/mol. The van der Waals surface area contributed by atoms with E-state index in [2.05, 4.69) is 5.32 Å². The Morgan fingerprint density at radius 3 is 2.85 bits per heavy atom. The predicted octanol–water partition coefficient (Wildman–Crippen LogP) is 1.86. The molecule has 1 atom stereocenters. The third-order valence-corrected chi connectivity index (χ3v) is 3.32. The van der Waals surface area contributed by atoms with Crippen LogP contribution in [0, 0.1) is 0 Å². The number of methoxy groups -OCH3 is 1. The lowest BCUT2D eigenvalue weighted by Crippen LogP contribution is -2.48. The van der Waals surface area contributed by atoms with Crippen LogP contribution in [-0.4, -0.2) is 37.0 Å². The van der Waals surface area contributed by atoms with Crippen LogP contribution in [0.5, 0.6) is 0 Å². The van der Waals surface area contributed by atoms with E-state index in [-0.39, 0.29) is 11.8 Å². The van der Waals surface area contributed by atoms with Gasteiger partial charge in [0.25, 0.3) is 0 Å². The van der Waals surface area contributed by atoms with Gasteiger partial charge in [0.2, 0.25) is 0 Å². The van der Waals surface area contributed by atoms with Crippen molar-refractivity contribution in [1.82, 2.24) is 10.2 Å². The number of hydrogen-bond donors (Lipinski definition) is 1. The maximum Gasteiger partial charge on any atom is 0.322 e. The molecular formula is C14H18N2O4. The van der Waals surface area contributed by atoms with Gasteiger partial charge in [0.1, 0.15) is 11.8 Å². The number of urea groups is 1. The summed E-state index contributed by atoms with van der Waals surface area (Å²) in [5.74, 6) is 0.459. The second kappa shape index (κ2) is 5.92. The van der Waals surface area contributed by atoms with Gasteiger partial charge < -0.3 is 14.5 Å². The van der Waals surface area contributed by atoms with E-state index >= 15 is 0 Å². The van der Waals surface area contributed by atoms with Crippen molar-refractivity contribution in [3.05, 3.63) is 35.4 Å². The summed E-state index contributed by atoms with van der Waals surface area (Å²) in [6.07, 6.45) is 1.52. The fourth-order valence-electron chi connectivity index (χ4n) is 2.36. The van der Waals surface area contributed by atoms with Crippen LogP contribution in [0.3, 0.4) is 0 Å². The summed E-state index contributed by atoms with van der Waals surface area (Å²) >= 11 is 0. The zero-order chi connectivity index (χ0) is 14.7. The van der Waals surface area contributed by atoms with Crippen molar-refractivity contribution < 1.29 is 18.7 Å². The number of amides is 2. The summed E-state index contributed by atoms with van der Waals surface area (Å²) in [4.78, 5) is 25.6. The van der Waals surface area contributed by atoms with E-state index in [1.807, 2.05) is 0 Å². The maximum absolute atomic E-state index is 12.2. The Bertz CT molecular complexity index is 533. The Kier molecular flexibility index (Phi) is 4.24. The number of carbonyl (C=O) groups excluding carboxylic acids is 2. The van der Waals surface area contributed by atoms with Crippen molar-refractivity contribution in [2.75, 3.05) is 20.3 Å². The zero-order valence-corrected chi connectivity index (χ0v) is 11.8. The molecule has 1 aromatic heterocycles. The van der Waals surface area contributed by atoms with Crippen molar-refractivity contribution in [3.63, 3.8) is 0 Å². The van der Waals surface area contributed by atoms with Gasteiger partial charge in [-0.3, -0.25) is 9.69 Å². The third kappa shape index (κ3) is 2.60. The monoisotopic (exact) mass is 278 g/mol. The summed E-state index contributed by atoms with van der Waals surface area (Å²) in [6.45, 7) is 4.05. The first-order valence-corrected chi connectivity index (χ1v) is 6.38. The van der Waals surface area contributed by atoms with E-state index < -0.39 is 6.04 Å². The van der Waals surface area contributed by atoms with Gasteiger partial charge in [0.15, 0.2) is 5.78 Å². The quantitative estimate of drug-likeness (QED) is 0.892. The molecule has 6 nitrogen and oxygen atoms in total. The molecule has 2 heterocycles. The van der Waals surface area contributed by atoms with Crippen molar-refractivity contribution >= 4 is 11.8 Å². The fraction of sp³-hybridized carbons (Fsp3) is 0.429. The topological polar surface area (TPSA) is 71.8 Å². The van der Waals surface area contributed by atoms with Crippen LogP contribution in [0.25, 0.3) is 0 Å². The molecule has 0 fully saturated rings. The fourth-order valence-corrected chi connectivity index (χ4v) is 2.36. The summed E-state index contributed by atoms with van der Waals surface area (Å²) in [6, 6.07) is 2.68. The number of rotatable bonds is 5. The minimum absolute atomic E-state index is 0.0914. The Labute approximate surface area is 117 Å². The Hall–Kier alpha value is -2.08. The highest BCUT2D eigenvalue weighted by atomic mass is 16.5. The second-order valence-corrected chi connectivity index (χ2v) is 4.60. The zero-order valence-electron chi connectivity index (χ0n) is 11.8. The van der Waals surface area contributed by atoms with Crippen molar-refractivity contribution in [2.24, 2.45) is 0 Å². The van der Waals surface area contributed by atoms with Gasteiger partial charge in [0.05, 0.1) is 19.4 Å². The van der Waals surface area contributed by atoms with Gasteiger partial charge in [-0.1, -0.05) is 0 Å². The number of furan rings is 1. The highest BCUT2D eigenvalue weighted by Crippen LogP contribution is 2.30. The molecule has 0 radical (unpaired) electrons. The number of Topliss-reactive ketones (excluding diaryl/α,β-unsaturated/α-hetero) is 1. The maximum atomic E-state index is 12.2. The smallest absolute Gasteiger partial charge is 0.322 e. The van der Waals surface area contributed by atoms with Crippen LogP contribution in [0.15, 0.2) is 34.1 Å². The third-order valence-electron chi connectivity index (χ3n) is 3.32. The molecule has 2 amide bonds. The number of nitrogens with zero attached hydrogens (tertiary/aromatic N) is 1. The van der Waals surface area contributed by atoms with Gasteiger partial charge in [-0.2, -0.15) is 0 Å². The normalized spacial score (nSPS) is 19.2. The number of nitrogens with one attached hydrogen (secondary N) is 1. The van der Waals surface area contributed by atoms with Gasteiger partial charge in [0, 0.05) is 18.4 Å². The van der Waals surface area contributed by atoms with Gasteiger partial charge in [-0.25, -0.2) is 4.79 Å². The molecule has 108 valence electrons. The Balaban J connectivity index is 2.40. The van der Waals surface area contributed by atoms with Crippen molar-refractivity contribution in [3.8, 4) is 0 Å². The molecule has 2 rings (SSSR count). The Morgan fingerprint density at radius 2 is 2.30 bits per heavy atom. The molecule has 1 aromatic rings. The lowest BCUT2D eigenvalue weighted by atomic mass is 9.96. The van der Waals surface area contributed by atoms with Crippen LogP contribution < -0.4 is 5.32 Å². The minimum atomic E-state index is -0.534. The van der Waals surface area contributed by atoms with Gasteiger partial charge in [-0.15, -0.1) is 0 Å². The van der Waals surface area contributed by atoms with Crippen LogP contribution in [0.2, 0.25) is 0 Å². The molecule has 0 aliphatic carbocycles. The van der Waals surface area contributed by atoms with Crippen LogP contribution in [0.1, 0.15) is 25.6 Å². The molecule has 6 heteroatoms. The van der Waals surface area contributed by atoms with Crippen LogP contribution in [0.4, 0.5) is 4.79 Å². The molecule has 0 spiro atoms. The largest absolute Gasteiger partial charge is 0.467 e. The van der Waals surface area contributed by atoms with E-state index in [4.69, 9.17) is 9.15 Å². The van der Waals surface area contributed by atoms with Crippen molar-refractivity contribution in [1.29, 1.82) is 0 Å². The first-order valence-electron chi connectivity index (χ1n) is 6.38. The average Bonchev–Trinajstić information content (AvgIpc) is 2.91. The highest BCUT2D eigenvalue weighted by molar-refractivity contribution is 5.98. The lowest BCUT2D eigenvalue weighted by Gasteiger charge is -2.34. The molecule has 0 bridgehead atoms. The predicted molar refractivity (Wildman–Crippen MR) is 71.9 cm³/mol. The van der Waals surface area contributed by atoms with Gasteiger partial charge >= 0.3 is 6.03 Å². The van der Waals surface area contributed by atoms with E-state index in [0.29, 0.717) is 30.2 Å². The molecule has 1 N–H and O–H groups in total. The van der Waals surface area contributed by atoms with E-state index in [0.717, 1.165) is 0 Å². The van der Waals surface area contributed by atoms with Crippen molar-refractivity contribution in [2.45, 2.75) is 19.9 Å². The minimum Gasteiger partial charge on any atom is -0.467 e. The Morgan fingerprint density at radius 1 is 1.55 bits per heavy atom. The molecule has 0 saturated heterocycles. The number of allylic oxidation sites excluding steroid dienone is 1. The first-order chi connectivity index (χ1) is 9.56. The second-order valence-electron chi connectivity index (χ2n) is 4.60. The lowest BCUT2D eigenvalue weighted by molar-refractivity contribution is -0.114. The molecule has 0 aromatic carbocycles. The molecule has 1 aliphatic heterocycles. The molecule has 0 saturated carbocycles. The van der Waals surface area contributed by atoms with Crippen LogP contribution in [-0.2, 0) is 9.53 Å². The first kappa shape index (κ1) is 14.3. The molecule has 0 unspecified atom stereocenters. The SMILES string of the molecule is COCCN1C(=O)N[C@@H](c2ccco2)C(C(C)=O)=C1C. The number of hydrogen-bond acceptors (Lipinski definition) is 4. The number of ether oxygens (including phenoxy) is 1. The summed E-state index contributed by atoms with van der Waals surface area (Å²) in [7, 11) is 1.57. The van der Waals surface area contributed by atoms with E-state index in [9.17, 15) is 9.59 Å². The number of carbonyl (C=O) groups is 2. The molecule has 20 heavy (non-hydrogen) atoms. The summed E-state index contributed by atoms with van der Waals surface area (Å²) < 4.78 is 10.3. The number of ketones is 1. The summed E-state index contributed by atoms with van der Waals surface area (Å²) in [5.41, 5.74) is 1.18. The van der Waals surface area contributed by atoms with Gasteiger partial charge in [-0.05, 0) is 26.0 Å². The standard InChI is InChI=1S/C14H18N2O4/c1-9-12(10(2)17)13(11-5-4-7-20-11)15-14(18)16(9)6-8-19-3/h4-5,7,13H,6,8H2,1-3H3,(H,15,18)/t13-/m0/s1. The average molecular weight is 278 g/mol. The van der Waals surface area contributed by atoms with Crippen LogP contribution >= 0.6 is 0 Å². The van der Waals surface area contributed by atoms with E-state index in [1.165, 1.54) is 18.1 Å². The van der Waals surface area contributed by atoms with E-state index in [1.54, 1.807) is 26.2 Å². The highest BCUT2D eigenvalue weighted by Gasteiger charge is 2.35. The summed E-state index contributed by atoms with van der Waals surface area (Å²) in [5, 5.41) is 2.80.